The summed E-state index contributed by atoms with van der Waals surface area (Å²) in [5.74, 6) is 1.72. The Labute approximate surface area is 193 Å². The van der Waals surface area contributed by atoms with Gasteiger partial charge >= 0.3 is 0 Å². The van der Waals surface area contributed by atoms with Crippen LogP contribution in [-0.2, 0) is 0 Å². The van der Waals surface area contributed by atoms with Gasteiger partial charge in [-0.2, -0.15) is 4.98 Å². The average molecular weight is 448 g/mol. The monoisotopic (exact) mass is 447 g/mol. The predicted molar refractivity (Wildman–Crippen MR) is 129 cm³/mol. The van der Waals surface area contributed by atoms with Crippen molar-refractivity contribution in [1.29, 1.82) is 0 Å². The summed E-state index contributed by atoms with van der Waals surface area (Å²) in [6, 6.07) is 13.5. The van der Waals surface area contributed by atoms with Gasteiger partial charge in [0.1, 0.15) is 17.1 Å². The molecule has 4 aromatic rings. The number of oxazole rings is 1. The molecule has 1 fully saturated rings. The van der Waals surface area contributed by atoms with Crippen LogP contribution in [0.3, 0.4) is 0 Å². The molecular formula is C27H30FN3O2. The second kappa shape index (κ2) is 9.38. The van der Waals surface area contributed by atoms with E-state index in [1.165, 1.54) is 24.5 Å². The van der Waals surface area contributed by atoms with Crippen LogP contribution in [0, 0.1) is 11.7 Å². The first-order chi connectivity index (χ1) is 16.1. The van der Waals surface area contributed by atoms with Gasteiger partial charge < -0.3 is 14.5 Å². The second-order valence-corrected chi connectivity index (χ2v) is 9.14. The van der Waals surface area contributed by atoms with Gasteiger partial charge in [0.15, 0.2) is 5.58 Å². The van der Waals surface area contributed by atoms with Crippen molar-refractivity contribution in [2.75, 3.05) is 11.9 Å². The van der Waals surface area contributed by atoms with Crippen LogP contribution in [0.25, 0.3) is 22.0 Å². The van der Waals surface area contributed by atoms with Crippen molar-refractivity contribution >= 4 is 28.0 Å². The van der Waals surface area contributed by atoms with E-state index in [9.17, 15) is 4.39 Å². The zero-order valence-electron chi connectivity index (χ0n) is 19.2. The van der Waals surface area contributed by atoms with E-state index < -0.39 is 0 Å². The maximum Gasteiger partial charge on any atom is 0.295 e. The summed E-state index contributed by atoms with van der Waals surface area (Å²) in [6.45, 7) is 4.77. The number of pyridine rings is 1. The zero-order valence-corrected chi connectivity index (χ0v) is 19.2. The molecule has 0 saturated heterocycles. The van der Waals surface area contributed by atoms with E-state index in [2.05, 4.69) is 28.3 Å². The lowest BCUT2D eigenvalue weighted by Crippen LogP contribution is -2.23. The second-order valence-electron chi connectivity index (χ2n) is 9.14. The summed E-state index contributed by atoms with van der Waals surface area (Å²) in [5, 5.41) is 4.39. The summed E-state index contributed by atoms with van der Waals surface area (Å²) >= 11 is 0. The molecule has 0 amide bonds. The first-order valence-corrected chi connectivity index (χ1v) is 11.9. The molecule has 5 rings (SSSR count). The number of hydrogen-bond donors (Lipinski definition) is 1. The zero-order chi connectivity index (χ0) is 22.8. The highest BCUT2D eigenvalue weighted by atomic mass is 19.1. The Hall–Kier alpha value is -3.15. The lowest BCUT2D eigenvalue weighted by Gasteiger charge is -2.31. The Kier molecular flexibility index (Phi) is 6.16. The number of ether oxygens (including phenoxy) is 1. The Balaban J connectivity index is 1.18. The molecule has 1 N–H and O–H groups in total. The number of anilines is 1. The van der Waals surface area contributed by atoms with Crippen molar-refractivity contribution in [2.45, 2.75) is 57.9 Å². The van der Waals surface area contributed by atoms with Crippen LogP contribution in [0.5, 0.6) is 5.75 Å². The van der Waals surface area contributed by atoms with E-state index in [1.54, 1.807) is 12.1 Å². The van der Waals surface area contributed by atoms with Crippen molar-refractivity contribution in [3.8, 4) is 5.75 Å². The van der Waals surface area contributed by atoms with Crippen LogP contribution in [0.2, 0.25) is 0 Å². The Bertz CT molecular complexity index is 1250. The van der Waals surface area contributed by atoms with Gasteiger partial charge in [0.2, 0.25) is 0 Å². The number of benzene rings is 2. The van der Waals surface area contributed by atoms with Gasteiger partial charge in [0.05, 0.1) is 12.1 Å². The van der Waals surface area contributed by atoms with E-state index >= 15 is 0 Å². The van der Waals surface area contributed by atoms with Gasteiger partial charge in [-0.3, -0.25) is 4.98 Å². The highest BCUT2D eigenvalue weighted by Crippen LogP contribution is 2.40. The first kappa shape index (κ1) is 21.7. The van der Waals surface area contributed by atoms with Gasteiger partial charge in [0, 0.05) is 23.7 Å². The molecule has 1 unspecified atom stereocenters. The topological polar surface area (TPSA) is 60.2 Å². The minimum absolute atomic E-state index is 0.196. The fourth-order valence-electron chi connectivity index (χ4n) is 5.20. The van der Waals surface area contributed by atoms with E-state index in [4.69, 9.17) is 9.15 Å². The van der Waals surface area contributed by atoms with Crippen LogP contribution in [-0.4, -0.2) is 22.6 Å². The Morgan fingerprint density at radius 2 is 1.91 bits per heavy atom. The third-order valence-electron chi connectivity index (χ3n) is 6.75. The van der Waals surface area contributed by atoms with Gasteiger partial charge in [-0.15, -0.1) is 0 Å². The van der Waals surface area contributed by atoms with Crippen molar-refractivity contribution in [2.24, 2.45) is 5.92 Å². The van der Waals surface area contributed by atoms with Crippen LogP contribution < -0.4 is 10.1 Å². The fourth-order valence-corrected chi connectivity index (χ4v) is 5.20. The molecule has 33 heavy (non-hydrogen) atoms. The molecule has 0 radical (unpaired) electrons. The van der Waals surface area contributed by atoms with E-state index in [-0.39, 0.29) is 11.9 Å². The summed E-state index contributed by atoms with van der Waals surface area (Å²) < 4.78 is 25.3. The molecule has 0 aliphatic heterocycles. The average Bonchev–Trinajstić information content (AvgIpc) is 3.21. The Morgan fingerprint density at radius 3 is 2.73 bits per heavy atom. The molecule has 1 atom stereocenters. The van der Waals surface area contributed by atoms with Crippen molar-refractivity contribution in [3.63, 3.8) is 0 Å². The maximum absolute atomic E-state index is 13.8. The molecular weight excluding hydrogens is 417 g/mol. The third-order valence-corrected chi connectivity index (χ3v) is 6.75. The smallest absolute Gasteiger partial charge is 0.295 e. The number of nitrogens with zero attached hydrogens (tertiary/aromatic N) is 2. The van der Waals surface area contributed by atoms with Crippen LogP contribution >= 0.6 is 0 Å². The van der Waals surface area contributed by atoms with E-state index in [0.29, 0.717) is 24.5 Å². The summed E-state index contributed by atoms with van der Waals surface area (Å²) in [4.78, 5) is 8.97. The molecule has 0 spiro atoms. The van der Waals surface area contributed by atoms with Gasteiger partial charge in [0.25, 0.3) is 6.01 Å². The normalized spacial score (nSPS) is 19.6. The number of aromatic nitrogens is 2. The molecule has 6 heteroatoms. The summed E-state index contributed by atoms with van der Waals surface area (Å²) in [5.41, 5.74) is 3.68. The minimum atomic E-state index is -0.196. The number of fused-ring (bicyclic) bond motifs is 2. The van der Waals surface area contributed by atoms with Crippen LogP contribution in [0.1, 0.15) is 57.4 Å². The van der Waals surface area contributed by atoms with Crippen molar-refractivity contribution in [3.05, 3.63) is 60.0 Å². The number of rotatable bonds is 7. The van der Waals surface area contributed by atoms with Crippen molar-refractivity contribution in [1.82, 2.24) is 9.97 Å². The molecule has 2 aromatic heterocycles. The standard InChI is InChI=1S/C27H30FN3O2/c1-3-32-21-9-11-25-26(16-21)33-27(31-25)30-17(2)14-18-4-6-19(7-5-18)22-12-13-29-24-10-8-20(28)15-23(22)24/h8-13,15-19H,3-7,14H2,1-2H3,(H,30,31). The molecule has 0 bridgehead atoms. The molecule has 2 aromatic carbocycles. The van der Waals surface area contributed by atoms with Crippen LogP contribution in [0.4, 0.5) is 10.4 Å². The lowest BCUT2D eigenvalue weighted by atomic mass is 9.76. The fraction of sp³-hybridized carbons (Fsp3) is 0.407. The minimum Gasteiger partial charge on any atom is -0.494 e. The van der Waals surface area contributed by atoms with Gasteiger partial charge in [-0.05, 0) is 99.7 Å². The Morgan fingerprint density at radius 1 is 1.09 bits per heavy atom. The highest BCUT2D eigenvalue weighted by Gasteiger charge is 2.25. The van der Waals surface area contributed by atoms with E-state index in [0.717, 1.165) is 47.0 Å². The number of nitrogens with one attached hydrogen (secondary N) is 1. The molecule has 1 aliphatic rings. The molecule has 1 aliphatic carbocycles. The molecule has 172 valence electrons. The molecule has 5 nitrogen and oxygen atoms in total. The highest BCUT2D eigenvalue weighted by molar-refractivity contribution is 5.82. The first-order valence-electron chi connectivity index (χ1n) is 11.9. The quantitative estimate of drug-likeness (QED) is 0.328. The van der Waals surface area contributed by atoms with Crippen LogP contribution in [0.15, 0.2) is 53.1 Å². The molecule has 2 heterocycles. The predicted octanol–water partition coefficient (Wildman–Crippen LogP) is 7.08. The van der Waals surface area contributed by atoms with Crippen molar-refractivity contribution < 1.29 is 13.5 Å². The van der Waals surface area contributed by atoms with E-state index in [1.807, 2.05) is 31.3 Å². The summed E-state index contributed by atoms with van der Waals surface area (Å²) in [7, 11) is 0. The summed E-state index contributed by atoms with van der Waals surface area (Å²) in [6.07, 6.45) is 7.50. The number of hydrogen-bond acceptors (Lipinski definition) is 5. The lowest BCUT2D eigenvalue weighted by molar-refractivity contribution is 0.301. The largest absolute Gasteiger partial charge is 0.494 e. The van der Waals surface area contributed by atoms with Gasteiger partial charge in [-0.25, -0.2) is 4.39 Å². The maximum atomic E-state index is 13.8. The molecule has 1 saturated carbocycles. The number of halogens is 1. The van der Waals surface area contributed by atoms with Gasteiger partial charge in [-0.1, -0.05) is 0 Å². The SMILES string of the molecule is CCOc1ccc2nc(NC(C)CC3CCC(c4ccnc5ccc(F)cc45)CC3)oc2c1. The third kappa shape index (κ3) is 4.80.